The average Bonchev–Trinajstić information content (AvgIpc) is 2.82. The molecule has 0 saturated carbocycles. The topological polar surface area (TPSA) is 38.0 Å². The molecule has 0 aliphatic rings. The molecule has 1 unspecified atom stereocenters. The molecule has 2 nitrogen and oxygen atoms in total. The van der Waals surface area contributed by atoms with E-state index in [4.69, 9.17) is 5.73 Å². The monoisotopic (exact) mass is 444 g/mol. The lowest BCUT2D eigenvalue weighted by atomic mass is 10.00. The number of nitrogens with two attached hydrogens (primary N) is 1. The molecule has 2 heteroatoms. The number of hydrogen-bond acceptors (Lipinski definition) is 2. The first-order chi connectivity index (χ1) is 15.9. The Morgan fingerprint density at radius 1 is 0.562 bits per heavy atom. The number of benzene rings is 1. The smallest absolute Gasteiger partial charge is 0.0342 e. The van der Waals surface area contributed by atoms with E-state index in [1.54, 1.807) is 0 Å². The van der Waals surface area contributed by atoms with Crippen molar-refractivity contribution in [1.82, 2.24) is 0 Å². The van der Waals surface area contributed by atoms with Gasteiger partial charge in [0.1, 0.15) is 0 Å². The summed E-state index contributed by atoms with van der Waals surface area (Å²) < 4.78 is 0. The minimum Gasteiger partial charge on any atom is -0.382 e. The first-order valence-electron chi connectivity index (χ1n) is 14.4. The molecule has 1 atom stereocenters. The Morgan fingerprint density at radius 3 is 1.41 bits per heavy atom. The highest BCUT2D eigenvalue weighted by atomic mass is 14.9. The van der Waals surface area contributed by atoms with E-state index in [2.05, 4.69) is 42.6 Å². The predicted octanol–water partition coefficient (Wildman–Crippen LogP) is 9.64. The van der Waals surface area contributed by atoms with Gasteiger partial charge in [0.05, 0.1) is 0 Å². The van der Waals surface area contributed by atoms with Crippen molar-refractivity contribution in [2.75, 3.05) is 11.9 Å². The van der Waals surface area contributed by atoms with E-state index in [1.165, 1.54) is 134 Å². The van der Waals surface area contributed by atoms with Gasteiger partial charge in [-0.2, -0.15) is 0 Å². The van der Waals surface area contributed by atoms with Crippen molar-refractivity contribution in [1.29, 1.82) is 0 Å². The second-order valence-electron chi connectivity index (χ2n) is 9.94. The largest absolute Gasteiger partial charge is 0.382 e. The average molecular weight is 445 g/mol. The summed E-state index contributed by atoms with van der Waals surface area (Å²) in [5.74, 6) is 0. The van der Waals surface area contributed by atoms with Crippen LogP contribution in [0.25, 0.3) is 0 Å². The molecule has 0 aliphatic carbocycles. The summed E-state index contributed by atoms with van der Waals surface area (Å²) in [6, 6.07) is 11.4. The van der Waals surface area contributed by atoms with Crippen LogP contribution in [0.15, 0.2) is 30.3 Å². The maximum absolute atomic E-state index is 5.66. The maximum Gasteiger partial charge on any atom is 0.0342 e. The maximum atomic E-state index is 5.66. The molecule has 0 aliphatic heterocycles. The second kappa shape index (κ2) is 23.1. The fourth-order valence-electron chi connectivity index (χ4n) is 4.71. The lowest BCUT2D eigenvalue weighted by molar-refractivity contribution is 0.501. The summed E-state index contributed by atoms with van der Waals surface area (Å²) >= 11 is 0. The zero-order valence-corrected chi connectivity index (χ0v) is 21.6. The van der Waals surface area contributed by atoms with Crippen LogP contribution in [0, 0.1) is 0 Å². The van der Waals surface area contributed by atoms with E-state index < -0.39 is 0 Å². The minimum atomic E-state index is 0.613. The van der Waals surface area contributed by atoms with Gasteiger partial charge in [0.15, 0.2) is 0 Å². The van der Waals surface area contributed by atoms with Crippen molar-refractivity contribution in [3.63, 3.8) is 0 Å². The normalized spacial score (nSPS) is 12.2. The highest BCUT2D eigenvalue weighted by Crippen LogP contribution is 2.18. The highest BCUT2D eigenvalue weighted by molar-refractivity contribution is 5.43. The van der Waals surface area contributed by atoms with E-state index in [0.717, 1.165) is 13.0 Å². The van der Waals surface area contributed by atoms with Gasteiger partial charge < -0.3 is 11.1 Å². The van der Waals surface area contributed by atoms with Gasteiger partial charge in [-0.05, 0) is 37.9 Å². The molecule has 0 radical (unpaired) electrons. The fourth-order valence-corrected chi connectivity index (χ4v) is 4.71. The van der Waals surface area contributed by atoms with Crippen LogP contribution >= 0.6 is 0 Å². The molecular weight excluding hydrogens is 388 g/mol. The predicted molar refractivity (Wildman–Crippen MR) is 146 cm³/mol. The Kier molecular flexibility index (Phi) is 21.0. The SMILES string of the molecule is CCCCCCCCCCCCCCCCCCC(CCCCCN)Nc1ccccc1. The molecule has 0 bridgehead atoms. The van der Waals surface area contributed by atoms with Crippen molar-refractivity contribution in [3.05, 3.63) is 30.3 Å². The van der Waals surface area contributed by atoms with Gasteiger partial charge in [-0.15, -0.1) is 0 Å². The third-order valence-corrected chi connectivity index (χ3v) is 6.81. The number of hydrogen-bond donors (Lipinski definition) is 2. The summed E-state index contributed by atoms with van der Waals surface area (Å²) in [4.78, 5) is 0. The van der Waals surface area contributed by atoms with E-state index in [9.17, 15) is 0 Å². The summed E-state index contributed by atoms with van der Waals surface area (Å²) in [5, 5.41) is 3.78. The fraction of sp³-hybridized carbons (Fsp3) is 0.800. The molecular formula is C30H56N2. The lowest BCUT2D eigenvalue weighted by Gasteiger charge is -2.20. The standard InChI is InChI=1S/C30H56N2/c1-2-3-4-5-6-7-8-9-10-11-12-13-14-15-16-19-24-29(27-22-18-23-28-31)32-30-25-20-17-21-26-30/h17,20-21,25-26,29,32H,2-16,18-19,22-24,27-28,31H2,1H3. The molecule has 32 heavy (non-hydrogen) atoms. The summed E-state index contributed by atoms with van der Waals surface area (Å²) in [6.45, 7) is 3.13. The quantitative estimate of drug-likeness (QED) is 0.156. The van der Waals surface area contributed by atoms with Gasteiger partial charge in [0.2, 0.25) is 0 Å². The van der Waals surface area contributed by atoms with Gasteiger partial charge in [-0.25, -0.2) is 0 Å². The molecule has 1 aromatic carbocycles. The van der Waals surface area contributed by atoms with Crippen LogP contribution in [0.5, 0.6) is 0 Å². The summed E-state index contributed by atoms with van der Waals surface area (Å²) in [7, 11) is 0. The summed E-state index contributed by atoms with van der Waals surface area (Å²) in [5.41, 5.74) is 6.93. The molecule has 1 aromatic rings. The first-order valence-corrected chi connectivity index (χ1v) is 14.4. The lowest BCUT2D eigenvalue weighted by Crippen LogP contribution is -2.19. The molecule has 0 saturated heterocycles. The van der Waals surface area contributed by atoms with Gasteiger partial charge in [-0.3, -0.25) is 0 Å². The number of anilines is 1. The third-order valence-electron chi connectivity index (χ3n) is 6.81. The minimum absolute atomic E-state index is 0.613. The van der Waals surface area contributed by atoms with E-state index in [1.807, 2.05) is 0 Å². The Morgan fingerprint density at radius 2 is 0.969 bits per heavy atom. The number of rotatable bonds is 24. The van der Waals surface area contributed by atoms with Crippen LogP contribution in [0.1, 0.15) is 142 Å². The van der Waals surface area contributed by atoms with Gasteiger partial charge in [-0.1, -0.05) is 141 Å². The van der Waals surface area contributed by atoms with Crippen LogP contribution in [-0.4, -0.2) is 12.6 Å². The zero-order chi connectivity index (χ0) is 23.0. The van der Waals surface area contributed by atoms with Gasteiger partial charge in [0.25, 0.3) is 0 Å². The first kappa shape index (κ1) is 29.0. The van der Waals surface area contributed by atoms with Crippen LogP contribution in [-0.2, 0) is 0 Å². The molecule has 0 amide bonds. The van der Waals surface area contributed by atoms with Gasteiger partial charge >= 0.3 is 0 Å². The van der Waals surface area contributed by atoms with Crippen molar-refractivity contribution < 1.29 is 0 Å². The Hall–Kier alpha value is -1.02. The van der Waals surface area contributed by atoms with Crippen LogP contribution < -0.4 is 11.1 Å². The summed E-state index contributed by atoms with van der Waals surface area (Å²) in [6.07, 6.45) is 29.3. The number of nitrogens with one attached hydrogen (secondary N) is 1. The van der Waals surface area contributed by atoms with Crippen molar-refractivity contribution in [2.24, 2.45) is 5.73 Å². The second-order valence-corrected chi connectivity index (χ2v) is 9.94. The molecule has 0 fully saturated rings. The molecule has 3 N–H and O–H groups in total. The molecule has 0 aromatic heterocycles. The molecule has 1 rings (SSSR count). The number of para-hydroxylation sites is 1. The van der Waals surface area contributed by atoms with Gasteiger partial charge in [0, 0.05) is 11.7 Å². The van der Waals surface area contributed by atoms with E-state index >= 15 is 0 Å². The van der Waals surface area contributed by atoms with Crippen molar-refractivity contribution in [3.8, 4) is 0 Å². The van der Waals surface area contributed by atoms with E-state index in [0.29, 0.717) is 6.04 Å². The van der Waals surface area contributed by atoms with Crippen molar-refractivity contribution >= 4 is 5.69 Å². The molecule has 186 valence electrons. The van der Waals surface area contributed by atoms with Crippen LogP contribution in [0.2, 0.25) is 0 Å². The van der Waals surface area contributed by atoms with Crippen molar-refractivity contribution in [2.45, 2.75) is 148 Å². The van der Waals surface area contributed by atoms with Crippen LogP contribution in [0.4, 0.5) is 5.69 Å². The third kappa shape index (κ3) is 18.5. The zero-order valence-electron chi connectivity index (χ0n) is 21.6. The Bertz CT molecular complexity index is 473. The molecule has 0 heterocycles. The van der Waals surface area contributed by atoms with Crippen LogP contribution in [0.3, 0.4) is 0 Å². The Balaban J connectivity index is 1.96. The Labute approximate surface area is 201 Å². The van der Waals surface area contributed by atoms with E-state index in [-0.39, 0.29) is 0 Å². The molecule has 0 spiro atoms. The number of unbranched alkanes of at least 4 members (excludes halogenated alkanes) is 17. The highest BCUT2D eigenvalue weighted by Gasteiger charge is 2.08.